The molecule has 0 atom stereocenters. The Morgan fingerprint density at radius 3 is 2.50 bits per heavy atom. The Hall–Kier alpha value is -2.73. The lowest BCUT2D eigenvalue weighted by molar-refractivity contribution is -0.278. The number of hydrogen-bond donors (Lipinski definition) is 0. The molecule has 1 heterocycles. The van der Waals surface area contributed by atoms with Crippen LogP contribution in [0.2, 0.25) is 0 Å². The summed E-state index contributed by atoms with van der Waals surface area (Å²) in [5.74, 6) is -0.747. The minimum absolute atomic E-state index is 0.121. The van der Waals surface area contributed by atoms with E-state index in [0.29, 0.717) is 0 Å². The number of benzene rings is 1. The molecule has 9 heteroatoms. The predicted octanol–water partition coefficient (Wildman–Crippen LogP) is 0.979. The second-order valence-electron chi connectivity index (χ2n) is 4.37. The third-order valence-corrected chi connectivity index (χ3v) is 3.47. The van der Waals surface area contributed by atoms with Crippen LogP contribution in [0.25, 0.3) is 4.98 Å². The van der Waals surface area contributed by atoms with E-state index >= 15 is 0 Å². The van der Waals surface area contributed by atoms with Crippen molar-refractivity contribution in [3.63, 3.8) is 0 Å². The van der Waals surface area contributed by atoms with Crippen molar-refractivity contribution in [3.05, 3.63) is 55.2 Å². The molecule has 0 aliphatic rings. The molecule has 0 unspecified atom stereocenters. The molecule has 0 spiro atoms. The van der Waals surface area contributed by atoms with Crippen LogP contribution in [-0.2, 0) is 14.1 Å². The van der Waals surface area contributed by atoms with Crippen molar-refractivity contribution in [3.8, 4) is 5.88 Å². The third-order valence-electron chi connectivity index (χ3n) is 2.94. The zero-order valence-electron chi connectivity index (χ0n) is 11.8. The summed E-state index contributed by atoms with van der Waals surface area (Å²) in [5.41, 5.74) is -0.278. The van der Waals surface area contributed by atoms with E-state index in [9.17, 15) is 9.90 Å². The molecule has 0 saturated heterocycles. The quantitative estimate of drug-likeness (QED) is 0.451. The lowest BCUT2D eigenvalue weighted by Crippen LogP contribution is -2.38. The molecule has 112 valence electrons. The van der Waals surface area contributed by atoms with Crippen LogP contribution in [0, 0.1) is 5.39 Å². The first-order chi connectivity index (χ1) is 10.5. The predicted molar refractivity (Wildman–Crippen MR) is 82.1 cm³/mol. The maximum atomic E-state index is 11.8. The van der Waals surface area contributed by atoms with E-state index < -0.39 is 11.6 Å². The molecular weight excluding hydrogens is 352 g/mol. The molecule has 0 N–H and O–H groups in total. The summed E-state index contributed by atoms with van der Waals surface area (Å²) in [6.07, 6.45) is 1.45. The van der Waals surface area contributed by atoms with Gasteiger partial charge in [-0.3, -0.25) is 4.57 Å². The van der Waals surface area contributed by atoms with Gasteiger partial charge in [-0.05, 0) is 17.7 Å². The number of hydrogen-bond acceptors (Lipinski definition) is 5. The van der Waals surface area contributed by atoms with E-state index in [2.05, 4.69) is 31.1 Å². The molecule has 0 amide bonds. The molecule has 0 aliphatic heterocycles. The van der Waals surface area contributed by atoms with Crippen LogP contribution in [0.3, 0.4) is 0 Å². The highest BCUT2D eigenvalue weighted by Crippen LogP contribution is 2.14. The summed E-state index contributed by atoms with van der Waals surface area (Å²) >= 11 is 3.32. The number of aromatic nitrogens is 2. The fourth-order valence-corrected chi connectivity index (χ4v) is 1.98. The molecule has 0 radical (unpaired) electrons. The average molecular weight is 363 g/mol. The van der Waals surface area contributed by atoms with Crippen LogP contribution in [0.1, 0.15) is 5.56 Å². The molecule has 0 bridgehead atoms. The van der Waals surface area contributed by atoms with Gasteiger partial charge in [0.25, 0.3) is 5.49 Å². The lowest BCUT2D eigenvalue weighted by atomic mass is 10.2. The molecular formula is C13H11BrN6O2. The van der Waals surface area contributed by atoms with Gasteiger partial charge in [-0.25, -0.2) is 4.79 Å². The van der Waals surface area contributed by atoms with Crippen LogP contribution < -0.4 is 16.3 Å². The summed E-state index contributed by atoms with van der Waals surface area (Å²) in [7, 11) is 2.69. The Kier molecular flexibility index (Phi) is 4.53. The molecule has 0 aliphatic carbocycles. The maximum absolute atomic E-state index is 11.8. The van der Waals surface area contributed by atoms with E-state index in [1.165, 1.54) is 20.3 Å². The first kappa shape index (κ1) is 15.7. The first-order valence-electron chi connectivity index (χ1n) is 6.10. The minimum Gasteiger partial charge on any atom is -0.854 e. The summed E-state index contributed by atoms with van der Waals surface area (Å²) < 4.78 is 2.83. The van der Waals surface area contributed by atoms with Gasteiger partial charge in [-0.2, -0.15) is 5.10 Å². The fraction of sp³-hybridized carbons (Fsp3) is 0.154. The summed E-state index contributed by atoms with van der Waals surface area (Å²) in [5, 5.41) is 28.4. The Bertz CT molecular complexity index is 902. The molecule has 2 aromatic rings. The first-order valence-corrected chi connectivity index (χ1v) is 6.89. The molecule has 22 heavy (non-hydrogen) atoms. The molecule has 2 rings (SSSR count). The molecule has 0 saturated carbocycles. The van der Waals surface area contributed by atoms with E-state index in [1.807, 2.05) is 24.3 Å². The van der Waals surface area contributed by atoms with Crippen LogP contribution in [-0.4, -0.2) is 15.3 Å². The highest BCUT2D eigenvalue weighted by molar-refractivity contribution is 9.10. The van der Waals surface area contributed by atoms with Crippen molar-refractivity contribution in [1.29, 1.82) is 5.39 Å². The Balaban J connectivity index is 2.55. The Labute approximate surface area is 133 Å². The van der Waals surface area contributed by atoms with E-state index in [0.717, 1.165) is 19.2 Å². The van der Waals surface area contributed by atoms with Crippen molar-refractivity contribution in [2.45, 2.75) is 0 Å². The molecule has 1 aromatic heterocycles. The van der Waals surface area contributed by atoms with Gasteiger partial charge in [-0.15, -0.1) is 5.10 Å². The van der Waals surface area contributed by atoms with Crippen molar-refractivity contribution < 1.29 is 5.11 Å². The van der Waals surface area contributed by atoms with Gasteiger partial charge < -0.3 is 9.67 Å². The summed E-state index contributed by atoms with van der Waals surface area (Å²) in [6.45, 7) is 0. The molecule has 8 nitrogen and oxygen atoms in total. The highest BCUT2D eigenvalue weighted by atomic mass is 79.9. The fourth-order valence-electron chi connectivity index (χ4n) is 1.72. The standard InChI is InChI=1S/C13H11BrN6O2/c1-19-11(10(17-15)12(21)20(2)13(19)22)18-16-7-8-3-5-9(14)6-4-8/h3-7H,1-2H3. The summed E-state index contributed by atoms with van der Waals surface area (Å²) in [6, 6.07) is 7.29. The Morgan fingerprint density at radius 1 is 1.27 bits per heavy atom. The number of diazo groups is 1. The average Bonchev–Trinajstić information content (AvgIpc) is 2.52. The van der Waals surface area contributed by atoms with E-state index in [1.54, 1.807) is 0 Å². The second-order valence-corrected chi connectivity index (χ2v) is 5.29. The minimum atomic E-state index is -0.747. The zero-order valence-corrected chi connectivity index (χ0v) is 13.4. The van der Waals surface area contributed by atoms with Gasteiger partial charge >= 0.3 is 11.4 Å². The lowest BCUT2D eigenvalue weighted by Gasteiger charge is -2.09. The number of halogens is 1. The second kappa shape index (κ2) is 6.36. The van der Waals surface area contributed by atoms with Crippen LogP contribution in [0.5, 0.6) is 5.88 Å². The van der Waals surface area contributed by atoms with Gasteiger partial charge in [0.15, 0.2) is 4.98 Å². The van der Waals surface area contributed by atoms with Crippen LogP contribution in [0.4, 0.5) is 5.69 Å². The van der Waals surface area contributed by atoms with Crippen molar-refractivity contribution in [2.24, 2.45) is 24.3 Å². The normalized spacial score (nSPS) is 11.8. The van der Waals surface area contributed by atoms with Crippen LogP contribution >= 0.6 is 15.9 Å². The van der Waals surface area contributed by atoms with Crippen molar-refractivity contribution >= 4 is 27.8 Å². The zero-order chi connectivity index (χ0) is 16.3. The molecule has 0 fully saturated rings. The van der Waals surface area contributed by atoms with Gasteiger partial charge in [0.1, 0.15) is 0 Å². The van der Waals surface area contributed by atoms with Gasteiger partial charge in [0, 0.05) is 18.6 Å². The monoisotopic (exact) mass is 362 g/mol. The van der Waals surface area contributed by atoms with Crippen LogP contribution in [0.15, 0.2) is 43.7 Å². The highest BCUT2D eigenvalue weighted by Gasteiger charge is 2.18. The van der Waals surface area contributed by atoms with Crippen molar-refractivity contribution in [2.75, 3.05) is 0 Å². The van der Waals surface area contributed by atoms with E-state index in [4.69, 9.17) is 5.39 Å². The maximum Gasteiger partial charge on any atom is 0.437 e. The summed E-state index contributed by atoms with van der Waals surface area (Å²) in [4.78, 5) is 14.7. The van der Waals surface area contributed by atoms with Gasteiger partial charge in [0.05, 0.1) is 12.1 Å². The topological polar surface area (TPSA) is 103 Å². The molecule has 1 aromatic carbocycles. The smallest absolute Gasteiger partial charge is 0.437 e. The van der Waals surface area contributed by atoms with Gasteiger partial charge in [0.2, 0.25) is 5.39 Å². The van der Waals surface area contributed by atoms with Gasteiger partial charge in [-0.1, -0.05) is 28.1 Å². The third kappa shape index (κ3) is 2.96. The Morgan fingerprint density at radius 2 is 1.91 bits per heavy atom. The number of nitrogens with zero attached hydrogens (tertiary/aromatic N) is 6. The van der Waals surface area contributed by atoms with E-state index in [-0.39, 0.29) is 11.2 Å². The number of rotatable bonds is 2. The largest absolute Gasteiger partial charge is 0.854 e. The SMILES string of the molecule is Cn1c([O-])c([N+]#N)c(=NN=Cc2ccc(Br)cc2)n(C)c1=O. The van der Waals surface area contributed by atoms with Crippen molar-refractivity contribution in [1.82, 2.24) is 9.13 Å².